The summed E-state index contributed by atoms with van der Waals surface area (Å²) in [4.78, 5) is 2.48. The molecule has 0 radical (unpaired) electrons. The summed E-state index contributed by atoms with van der Waals surface area (Å²) in [6, 6.07) is 1.17. The quantitative estimate of drug-likeness (QED) is 0.806. The van der Waals surface area contributed by atoms with Crippen LogP contribution in [0.1, 0.15) is 63.7 Å². The molecular formula is C16H27N5O. The van der Waals surface area contributed by atoms with Gasteiger partial charge in [-0.3, -0.25) is 4.90 Å². The number of hydrogen-bond donors (Lipinski definition) is 0. The van der Waals surface area contributed by atoms with Gasteiger partial charge in [0.15, 0.2) is 5.82 Å². The summed E-state index contributed by atoms with van der Waals surface area (Å²) in [6.07, 6.45) is 9.42. The van der Waals surface area contributed by atoms with E-state index in [0.29, 0.717) is 23.6 Å². The van der Waals surface area contributed by atoms with E-state index in [1.54, 1.807) is 0 Å². The third kappa shape index (κ3) is 2.27. The molecule has 0 aromatic carbocycles. The number of hydrogen-bond acceptors (Lipinski definition) is 5. The van der Waals surface area contributed by atoms with Crippen LogP contribution in [0.2, 0.25) is 0 Å². The monoisotopic (exact) mass is 305 g/mol. The fourth-order valence-electron chi connectivity index (χ4n) is 4.72. The van der Waals surface area contributed by atoms with E-state index in [-0.39, 0.29) is 0 Å². The van der Waals surface area contributed by atoms with Crippen molar-refractivity contribution >= 4 is 0 Å². The summed E-state index contributed by atoms with van der Waals surface area (Å²) in [5.74, 6) is 1.03. The van der Waals surface area contributed by atoms with Gasteiger partial charge in [-0.05, 0) is 56.5 Å². The summed E-state index contributed by atoms with van der Waals surface area (Å²) in [5, 5.41) is 12.3. The van der Waals surface area contributed by atoms with Gasteiger partial charge in [-0.2, -0.15) is 0 Å². The highest BCUT2D eigenvalue weighted by Gasteiger charge is 2.58. The van der Waals surface area contributed by atoms with Crippen LogP contribution in [0.3, 0.4) is 0 Å². The fraction of sp³-hybridized carbons (Fsp3) is 0.938. The molecule has 22 heavy (non-hydrogen) atoms. The zero-order valence-corrected chi connectivity index (χ0v) is 13.7. The molecule has 1 aromatic heterocycles. The Morgan fingerprint density at radius 2 is 2.09 bits per heavy atom. The van der Waals surface area contributed by atoms with Crippen molar-refractivity contribution in [2.24, 2.45) is 5.41 Å². The summed E-state index contributed by atoms with van der Waals surface area (Å²) in [7, 11) is 2.23. The molecule has 0 N–H and O–H groups in total. The molecule has 2 atom stereocenters. The summed E-state index contributed by atoms with van der Waals surface area (Å²) >= 11 is 0. The predicted molar refractivity (Wildman–Crippen MR) is 82.3 cm³/mol. The molecule has 0 aliphatic heterocycles. The van der Waals surface area contributed by atoms with Crippen molar-refractivity contribution in [1.82, 2.24) is 25.1 Å². The molecule has 0 bridgehead atoms. The van der Waals surface area contributed by atoms with Gasteiger partial charge in [0.25, 0.3) is 0 Å². The SMILES string of the molecule is CCO[C@H]1C[C@H](N(C)Cc2nnnn2C2CC2)C12CCCC2. The van der Waals surface area contributed by atoms with E-state index in [4.69, 9.17) is 4.74 Å². The molecule has 0 saturated heterocycles. The zero-order valence-electron chi connectivity index (χ0n) is 13.7. The van der Waals surface area contributed by atoms with E-state index in [1.807, 2.05) is 4.68 Å². The van der Waals surface area contributed by atoms with Gasteiger partial charge in [0.2, 0.25) is 0 Å². The lowest BCUT2D eigenvalue weighted by molar-refractivity contribution is -0.162. The highest BCUT2D eigenvalue weighted by atomic mass is 16.5. The molecule has 3 aliphatic carbocycles. The predicted octanol–water partition coefficient (Wildman–Crippen LogP) is 2.18. The molecule has 3 aliphatic rings. The molecule has 1 aromatic rings. The van der Waals surface area contributed by atoms with E-state index >= 15 is 0 Å². The van der Waals surface area contributed by atoms with Crippen LogP contribution in [0.4, 0.5) is 0 Å². The average Bonchev–Trinajstić information content (AvgIpc) is 3.03. The molecule has 1 spiro atoms. The summed E-state index contributed by atoms with van der Waals surface area (Å²) in [5.41, 5.74) is 0.391. The topological polar surface area (TPSA) is 56.1 Å². The van der Waals surface area contributed by atoms with Gasteiger partial charge in [-0.25, -0.2) is 4.68 Å². The Kier molecular flexibility index (Phi) is 3.69. The zero-order chi connectivity index (χ0) is 15.2. The lowest BCUT2D eigenvalue weighted by atomic mass is 9.60. The maximum Gasteiger partial charge on any atom is 0.165 e. The minimum Gasteiger partial charge on any atom is -0.378 e. The van der Waals surface area contributed by atoms with E-state index in [0.717, 1.165) is 25.4 Å². The van der Waals surface area contributed by atoms with Crippen molar-refractivity contribution in [3.8, 4) is 0 Å². The molecule has 6 nitrogen and oxygen atoms in total. The van der Waals surface area contributed by atoms with Gasteiger partial charge in [-0.1, -0.05) is 12.8 Å². The van der Waals surface area contributed by atoms with Crippen LogP contribution in [-0.2, 0) is 11.3 Å². The van der Waals surface area contributed by atoms with Crippen molar-refractivity contribution in [3.05, 3.63) is 5.82 Å². The smallest absolute Gasteiger partial charge is 0.165 e. The molecule has 3 saturated carbocycles. The molecule has 6 heteroatoms. The third-order valence-electron chi connectivity index (χ3n) is 6.02. The van der Waals surface area contributed by atoms with Crippen molar-refractivity contribution < 1.29 is 4.74 Å². The van der Waals surface area contributed by atoms with Crippen LogP contribution in [-0.4, -0.2) is 50.9 Å². The Labute approximate surface area is 132 Å². The number of tetrazole rings is 1. The fourth-order valence-corrected chi connectivity index (χ4v) is 4.72. The molecule has 0 unspecified atom stereocenters. The van der Waals surface area contributed by atoms with Crippen molar-refractivity contribution in [2.75, 3.05) is 13.7 Å². The molecular weight excluding hydrogens is 278 g/mol. The third-order valence-corrected chi connectivity index (χ3v) is 6.02. The Balaban J connectivity index is 1.46. The van der Waals surface area contributed by atoms with Crippen molar-refractivity contribution in [2.45, 2.75) is 76.6 Å². The van der Waals surface area contributed by atoms with Gasteiger partial charge >= 0.3 is 0 Å². The van der Waals surface area contributed by atoms with Crippen LogP contribution >= 0.6 is 0 Å². The number of rotatable bonds is 6. The van der Waals surface area contributed by atoms with E-state index in [9.17, 15) is 0 Å². The van der Waals surface area contributed by atoms with Crippen molar-refractivity contribution in [1.29, 1.82) is 0 Å². The molecule has 0 amide bonds. The molecule has 4 rings (SSSR count). The first-order chi connectivity index (χ1) is 10.7. The van der Waals surface area contributed by atoms with Gasteiger partial charge < -0.3 is 4.74 Å². The second-order valence-corrected chi connectivity index (χ2v) is 7.32. The minimum absolute atomic E-state index is 0.391. The normalized spacial score (nSPS) is 30.1. The first-order valence-electron chi connectivity index (χ1n) is 8.83. The first kappa shape index (κ1) is 14.6. The maximum atomic E-state index is 6.03. The first-order valence-corrected chi connectivity index (χ1v) is 8.83. The van der Waals surface area contributed by atoms with Gasteiger partial charge in [-0.15, -0.1) is 5.10 Å². The van der Waals surface area contributed by atoms with E-state index in [2.05, 4.69) is 34.4 Å². The van der Waals surface area contributed by atoms with Crippen LogP contribution < -0.4 is 0 Å². The highest BCUT2D eigenvalue weighted by molar-refractivity contribution is 5.10. The molecule has 1 heterocycles. The van der Waals surface area contributed by atoms with Crippen LogP contribution in [0, 0.1) is 5.41 Å². The lowest BCUT2D eigenvalue weighted by Crippen LogP contribution is -2.62. The van der Waals surface area contributed by atoms with Gasteiger partial charge in [0.1, 0.15) is 0 Å². The van der Waals surface area contributed by atoms with Crippen LogP contribution in [0.5, 0.6) is 0 Å². The molecule has 3 fully saturated rings. The van der Waals surface area contributed by atoms with Gasteiger partial charge in [0, 0.05) is 18.1 Å². The van der Waals surface area contributed by atoms with E-state index < -0.39 is 0 Å². The Morgan fingerprint density at radius 3 is 2.77 bits per heavy atom. The second-order valence-electron chi connectivity index (χ2n) is 7.32. The average molecular weight is 305 g/mol. The maximum absolute atomic E-state index is 6.03. The van der Waals surface area contributed by atoms with Gasteiger partial charge in [0.05, 0.1) is 18.7 Å². The summed E-state index contributed by atoms with van der Waals surface area (Å²) in [6.45, 7) is 3.81. The van der Waals surface area contributed by atoms with E-state index in [1.165, 1.54) is 38.5 Å². The number of nitrogens with zero attached hydrogens (tertiary/aromatic N) is 5. The largest absolute Gasteiger partial charge is 0.378 e. The van der Waals surface area contributed by atoms with Crippen LogP contribution in [0.25, 0.3) is 0 Å². The van der Waals surface area contributed by atoms with Crippen molar-refractivity contribution in [3.63, 3.8) is 0 Å². The Bertz CT molecular complexity index is 520. The minimum atomic E-state index is 0.391. The van der Waals surface area contributed by atoms with Crippen LogP contribution in [0.15, 0.2) is 0 Å². The highest BCUT2D eigenvalue weighted by Crippen LogP contribution is 2.56. The summed E-state index contributed by atoms with van der Waals surface area (Å²) < 4.78 is 8.07. The number of aromatic nitrogens is 4. The Hall–Kier alpha value is -1.01. The molecule has 122 valence electrons. The second kappa shape index (κ2) is 5.57. The number of ether oxygens (including phenoxy) is 1. The lowest BCUT2D eigenvalue weighted by Gasteiger charge is -2.57. The Morgan fingerprint density at radius 1 is 1.32 bits per heavy atom. The standard InChI is InChI=1S/C16H27N5O/c1-3-22-14-10-13(16(14)8-4-5-9-16)20(2)11-15-17-18-19-21(15)12-6-7-12/h12-14H,3-11H2,1-2H3/t13-,14-/m0/s1.